The molecule has 27 heavy (non-hydrogen) atoms. The highest BCUT2D eigenvalue weighted by molar-refractivity contribution is 6.09. The van der Waals surface area contributed by atoms with E-state index in [1.165, 1.54) is 30.3 Å². The zero-order valence-electron chi connectivity index (χ0n) is 13.7. The van der Waals surface area contributed by atoms with Crippen molar-refractivity contribution in [2.45, 2.75) is 6.18 Å². The zero-order chi connectivity index (χ0) is 19.6. The third-order valence-electron chi connectivity index (χ3n) is 3.76. The van der Waals surface area contributed by atoms with E-state index in [4.69, 9.17) is 0 Å². The number of phenolic OH excluding ortho intramolecular Hbond substituents is 1. The van der Waals surface area contributed by atoms with E-state index in [2.05, 4.69) is 10.6 Å². The van der Waals surface area contributed by atoms with Gasteiger partial charge in [0, 0.05) is 11.3 Å². The van der Waals surface area contributed by atoms with Gasteiger partial charge in [0.2, 0.25) is 0 Å². The number of phenols is 1. The number of hydrogen-bond acceptors (Lipinski definition) is 3. The van der Waals surface area contributed by atoms with Crippen LogP contribution in [-0.2, 0) is 6.18 Å². The summed E-state index contributed by atoms with van der Waals surface area (Å²) < 4.78 is 38.1. The van der Waals surface area contributed by atoms with Crippen LogP contribution < -0.4 is 10.6 Å². The average Bonchev–Trinajstić information content (AvgIpc) is 2.60. The van der Waals surface area contributed by atoms with Crippen molar-refractivity contribution in [1.82, 2.24) is 5.32 Å². The normalized spacial score (nSPS) is 11.2. The van der Waals surface area contributed by atoms with Crippen molar-refractivity contribution in [3.8, 4) is 5.75 Å². The lowest BCUT2D eigenvalue weighted by molar-refractivity contribution is -0.137. The number of imide groups is 1. The molecule has 0 radical (unpaired) electrons. The second-order valence-corrected chi connectivity index (χ2v) is 5.73. The number of aromatic hydroxyl groups is 1. The van der Waals surface area contributed by atoms with Crippen LogP contribution in [0.15, 0.2) is 60.7 Å². The van der Waals surface area contributed by atoms with Crippen molar-refractivity contribution in [3.05, 3.63) is 71.8 Å². The molecule has 0 aliphatic rings. The molecule has 0 atom stereocenters. The van der Waals surface area contributed by atoms with Gasteiger partial charge in [-0.15, -0.1) is 0 Å². The molecule has 0 saturated carbocycles. The van der Waals surface area contributed by atoms with E-state index >= 15 is 0 Å². The fourth-order valence-corrected chi connectivity index (χ4v) is 2.49. The van der Waals surface area contributed by atoms with Gasteiger partial charge in [0.05, 0.1) is 5.56 Å². The number of amides is 3. The van der Waals surface area contributed by atoms with Crippen molar-refractivity contribution in [1.29, 1.82) is 0 Å². The molecule has 3 aromatic carbocycles. The SMILES string of the molecule is O=C(NC(=O)c1ccc2cc(O)ccc2c1)Nc1cccc(C(F)(F)F)c1. The number of hydrogen-bond donors (Lipinski definition) is 3. The van der Waals surface area contributed by atoms with Crippen molar-refractivity contribution in [2.24, 2.45) is 0 Å². The highest BCUT2D eigenvalue weighted by Gasteiger charge is 2.30. The molecule has 0 fully saturated rings. The molecule has 3 amide bonds. The fourth-order valence-electron chi connectivity index (χ4n) is 2.49. The van der Waals surface area contributed by atoms with Gasteiger partial charge in [-0.3, -0.25) is 10.1 Å². The van der Waals surface area contributed by atoms with Gasteiger partial charge in [0.25, 0.3) is 5.91 Å². The molecule has 0 aromatic heterocycles. The van der Waals surface area contributed by atoms with Crippen LogP contribution in [-0.4, -0.2) is 17.0 Å². The van der Waals surface area contributed by atoms with Gasteiger partial charge in [0.1, 0.15) is 5.75 Å². The van der Waals surface area contributed by atoms with Gasteiger partial charge in [-0.2, -0.15) is 13.2 Å². The van der Waals surface area contributed by atoms with Crippen molar-refractivity contribution >= 4 is 28.4 Å². The summed E-state index contributed by atoms with van der Waals surface area (Å²) in [6.45, 7) is 0. The number of anilines is 1. The molecule has 138 valence electrons. The number of urea groups is 1. The zero-order valence-corrected chi connectivity index (χ0v) is 13.7. The molecular weight excluding hydrogens is 361 g/mol. The van der Waals surface area contributed by atoms with E-state index in [0.717, 1.165) is 18.2 Å². The minimum Gasteiger partial charge on any atom is -0.508 e. The lowest BCUT2D eigenvalue weighted by Crippen LogP contribution is -2.34. The molecule has 0 unspecified atom stereocenters. The monoisotopic (exact) mass is 374 g/mol. The van der Waals surface area contributed by atoms with Gasteiger partial charge in [-0.05, 0) is 53.2 Å². The molecule has 5 nitrogen and oxygen atoms in total. The van der Waals surface area contributed by atoms with Gasteiger partial charge >= 0.3 is 12.2 Å². The van der Waals surface area contributed by atoms with Crippen LogP contribution in [0.5, 0.6) is 5.75 Å². The second kappa shape index (κ2) is 6.99. The van der Waals surface area contributed by atoms with Gasteiger partial charge in [-0.25, -0.2) is 4.79 Å². The molecule has 0 aliphatic carbocycles. The van der Waals surface area contributed by atoms with Crippen molar-refractivity contribution in [2.75, 3.05) is 5.32 Å². The number of nitrogens with one attached hydrogen (secondary N) is 2. The Kier molecular flexibility index (Phi) is 4.72. The highest BCUT2D eigenvalue weighted by Crippen LogP contribution is 2.30. The van der Waals surface area contributed by atoms with Crippen LogP contribution in [0, 0.1) is 0 Å². The molecule has 3 N–H and O–H groups in total. The summed E-state index contributed by atoms with van der Waals surface area (Å²) in [5, 5.41) is 15.1. The third-order valence-corrected chi connectivity index (χ3v) is 3.76. The van der Waals surface area contributed by atoms with Crippen LogP contribution in [0.1, 0.15) is 15.9 Å². The lowest BCUT2D eigenvalue weighted by atomic mass is 10.1. The molecule has 0 heterocycles. The van der Waals surface area contributed by atoms with Crippen LogP contribution >= 0.6 is 0 Å². The first-order chi connectivity index (χ1) is 12.7. The van der Waals surface area contributed by atoms with Gasteiger partial charge in [0.15, 0.2) is 0 Å². The smallest absolute Gasteiger partial charge is 0.416 e. The summed E-state index contributed by atoms with van der Waals surface area (Å²) in [6.07, 6.45) is -4.54. The van der Waals surface area contributed by atoms with E-state index in [9.17, 15) is 27.9 Å². The Bertz CT molecular complexity index is 1030. The van der Waals surface area contributed by atoms with Crippen molar-refractivity contribution < 1.29 is 27.9 Å². The van der Waals surface area contributed by atoms with Gasteiger partial charge < -0.3 is 10.4 Å². The van der Waals surface area contributed by atoms with Crippen LogP contribution in [0.2, 0.25) is 0 Å². The Morgan fingerprint density at radius 3 is 2.33 bits per heavy atom. The summed E-state index contributed by atoms with van der Waals surface area (Å²) in [7, 11) is 0. The van der Waals surface area contributed by atoms with Crippen LogP contribution in [0.4, 0.5) is 23.7 Å². The maximum Gasteiger partial charge on any atom is 0.416 e. The number of halogens is 3. The number of alkyl halides is 3. The topological polar surface area (TPSA) is 78.4 Å². The van der Waals surface area contributed by atoms with E-state index in [1.807, 2.05) is 0 Å². The summed E-state index contributed by atoms with van der Waals surface area (Å²) in [6, 6.07) is 12.3. The minimum absolute atomic E-state index is 0.0835. The van der Waals surface area contributed by atoms with E-state index in [-0.39, 0.29) is 17.0 Å². The predicted octanol–water partition coefficient (Wildman–Crippen LogP) is 4.53. The van der Waals surface area contributed by atoms with Crippen LogP contribution in [0.3, 0.4) is 0 Å². The Balaban J connectivity index is 1.71. The third kappa shape index (κ3) is 4.35. The minimum atomic E-state index is -4.54. The molecule has 0 spiro atoms. The number of carbonyl (C=O) groups excluding carboxylic acids is 2. The Hall–Kier alpha value is -3.55. The van der Waals surface area contributed by atoms with Crippen LogP contribution in [0.25, 0.3) is 10.8 Å². The quantitative estimate of drug-likeness (QED) is 0.617. The molecule has 3 rings (SSSR count). The molecule has 0 bridgehead atoms. The molecule has 0 saturated heterocycles. The summed E-state index contributed by atoms with van der Waals surface area (Å²) in [4.78, 5) is 24.1. The van der Waals surface area contributed by atoms with Gasteiger partial charge in [-0.1, -0.05) is 18.2 Å². The maximum absolute atomic E-state index is 12.7. The summed E-state index contributed by atoms with van der Waals surface area (Å²) in [5.41, 5.74) is -0.819. The van der Waals surface area contributed by atoms with E-state index < -0.39 is 23.7 Å². The number of benzene rings is 3. The van der Waals surface area contributed by atoms with E-state index in [1.54, 1.807) is 12.1 Å². The fraction of sp³-hybridized carbons (Fsp3) is 0.0526. The average molecular weight is 374 g/mol. The largest absolute Gasteiger partial charge is 0.508 e. The van der Waals surface area contributed by atoms with Crippen molar-refractivity contribution in [3.63, 3.8) is 0 Å². The molecule has 0 aliphatic heterocycles. The molecule has 3 aromatic rings. The maximum atomic E-state index is 12.7. The summed E-state index contributed by atoms with van der Waals surface area (Å²) >= 11 is 0. The highest BCUT2D eigenvalue weighted by atomic mass is 19.4. The number of rotatable bonds is 2. The number of fused-ring (bicyclic) bond motifs is 1. The summed E-state index contributed by atoms with van der Waals surface area (Å²) in [5.74, 6) is -0.630. The molecular formula is C19H13F3N2O3. The first kappa shape index (κ1) is 18.2. The Morgan fingerprint density at radius 1 is 0.889 bits per heavy atom. The Morgan fingerprint density at radius 2 is 1.59 bits per heavy atom. The predicted molar refractivity (Wildman–Crippen MR) is 93.5 cm³/mol. The van der Waals surface area contributed by atoms with E-state index in [0.29, 0.717) is 10.8 Å². The Labute approximate surface area is 151 Å². The first-order valence-corrected chi connectivity index (χ1v) is 7.75. The lowest BCUT2D eigenvalue weighted by Gasteiger charge is -2.10. The second-order valence-electron chi connectivity index (χ2n) is 5.73. The number of carbonyl (C=O) groups is 2. The first-order valence-electron chi connectivity index (χ1n) is 7.75. The molecule has 8 heteroatoms. The standard InChI is InChI=1S/C19H13F3N2O3/c20-19(21,22)14-2-1-3-15(10-14)23-18(27)24-17(26)13-5-4-12-9-16(25)7-6-11(12)8-13/h1-10,25H,(H2,23,24,26,27).